The molecule has 2 heterocycles. The van der Waals surface area contributed by atoms with Gasteiger partial charge in [0.1, 0.15) is 11.4 Å². The number of aromatic nitrogens is 3. The molecule has 0 saturated carbocycles. The van der Waals surface area contributed by atoms with E-state index >= 15 is 0 Å². The van der Waals surface area contributed by atoms with Gasteiger partial charge < -0.3 is 20.2 Å². The normalized spacial score (nSPS) is 11.4. The molecule has 0 saturated heterocycles. The molecule has 5 rings (SSSR count). The highest BCUT2D eigenvalue weighted by molar-refractivity contribution is 5.67. The van der Waals surface area contributed by atoms with Gasteiger partial charge in [-0.3, -0.25) is 0 Å². The molecular weight excluding hydrogens is 426 g/mol. The van der Waals surface area contributed by atoms with Gasteiger partial charge in [0.25, 0.3) is 0 Å². The quantitative estimate of drug-likeness (QED) is 0.404. The van der Waals surface area contributed by atoms with E-state index in [9.17, 15) is 19.2 Å². The van der Waals surface area contributed by atoms with E-state index in [-0.39, 0.29) is 17.1 Å². The van der Waals surface area contributed by atoms with Crippen LogP contribution in [0.2, 0.25) is 0 Å². The van der Waals surface area contributed by atoms with E-state index in [0.717, 1.165) is 22.8 Å². The molecule has 0 bridgehead atoms. The molecule has 0 radical (unpaired) electrons. The van der Waals surface area contributed by atoms with Gasteiger partial charge in [0.2, 0.25) is 0 Å². The third-order valence-electron chi connectivity index (χ3n) is 5.37. The van der Waals surface area contributed by atoms with Gasteiger partial charge in [-0.25, -0.2) is 18.7 Å². The van der Waals surface area contributed by atoms with Crippen LogP contribution in [0.1, 0.15) is 5.56 Å². The van der Waals surface area contributed by atoms with E-state index in [0.29, 0.717) is 17.9 Å². The van der Waals surface area contributed by atoms with Crippen molar-refractivity contribution in [2.75, 3.05) is 0 Å². The van der Waals surface area contributed by atoms with Crippen molar-refractivity contribution in [1.29, 1.82) is 0 Å². The van der Waals surface area contributed by atoms with E-state index in [1.54, 1.807) is 24.4 Å². The summed E-state index contributed by atoms with van der Waals surface area (Å²) in [6.45, 7) is 0.561. The van der Waals surface area contributed by atoms with Crippen molar-refractivity contribution in [1.82, 2.24) is 14.5 Å². The number of nitrogens with one attached hydrogen (secondary N) is 1. The maximum Gasteiger partial charge on any atom is 0.169 e. The maximum atomic E-state index is 14.1. The highest BCUT2D eigenvalue weighted by Crippen LogP contribution is 2.28. The second-order valence-corrected chi connectivity index (χ2v) is 7.60. The first kappa shape index (κ1) is 20.9. The molecule has 0 aliphatic carbocycles. The van der Waals surface area contributed by atoms with E-state index in [1.165, 1.54) is 18.2 Å². The Kier molecular flexibility index (Phi) is 5.39. The SMILES string of the molecule is [O-][NH+]([O-])c1cccc(-c2ccc(Cn3ccc4nc(-c5cccc(F)c5F)nc-4c3)cc2)c1. The lowest BCUT2D eigenvalue weighted by molar-refractivity contribution is -0.715. The van der Waals surface area contributed by atoms with E-state index in [2.05, 4.69) is 9.97 Å². The lowest BCUT2D eigenvalue weighted by atomic mass is 10.0. The second kappa shape index (κ2) is 8.51. The van der Waals surface area contributed by atoms with Gasteiger partial charge in [-0.05, 0) is 41.0 Å². The molecule has 2 aliphatic rings. The summed E-state index contributed by atoms with van der Waals surface area (Å²) in [5.41, 5.74) is 4.03. The first-order valence-electron chi connectivity index (χ1n) is 10.2. The fraction of sp³-hybridized carbons (Fsp3) is 0.0400. The number of rotatable bonds is 5. The van der Waals surface area contributed by atoms with Gasteiger partial charge in [-0.2, -0.15) is 0 Å². The van der Waals surface area contributed by atoms with Crippen LogP contribution in [0.15, 0.2) is 85.2 Å². The average Bonchev–Trinajstić information content (AvgIpc) is 3.24. The molecule has 3 aromatic rings. The molecule has 164 valence electrons. The number of quaternary nitrogens is 1. The summed E-state index contributed by atoms with van der Waals surface area (Å²) in [5, 5.41) is 21.0. The van der Waals surface area contributed by atoms with E-state index in [1.807, 2.05) is 41.1 Å². The van der Waals surface area contributed by atoms with Gasteiger partial charge in [-0.1, -0.05) is 42.5 Å². The lowest BCUT2D eigenvalue weighted by Gasteiger charge is -2.24. The maximum absolute atomic E-state index is 14.1. The van der Waals surface area contributed by atoms with Gasteiger partial charge in [0.05, 0.1) is 11.3 Å². The Hall–Kier alpha value is -3.98. The number of fused-ring (bicyclic) bond motifs is 1. The number of hydrogen-bond acceptors (Lipinski definition) is 4. The van der Waals surface area contributed by atoms with Crippen LogP contribution >= 0.6 is 0 Å². The van der Waals surface area contributed by atoms with Crippen molar-refractivity contribution in [3.63, 3.8) is 0 Å². The van der Waals surface area contributed by atoms with E-state index in [4.69, 9.17) is 0 Å². The van der Waals surface area contributed by atoms with Crippen LogP contribution < -0.4 is 5.23 Å². The molecule has 1 N–H and O–H groups in total. The molecule has 3 aromatic carbocycles. The fourth-order valence-corrected chi connectivity index (χ4v) is 3.69. The molecule has 0 amide bonds. The number of imidazole rings is 1. The zero-order chi connectivity index (χ0) is 22.9. The lowest BCUT2D eigenvalue weighted by Crippen LogP contribution is -2.96. The zero-order valence-electron chi connectivity index (χ0n) is 17.2. The largest absolute Gasteiger partial charge is 0.628 e. The number of hydrogen-bond donors (Lipinski definition) is 1. The Labute approximate surface area is 187 Å². The van der Waals surface area contributed by atoms with Gasteiger partial charge in [0, 0.05) is 25.0 Å². The second-order valence-electron chi connectivity index (χ2n) is 7.60. The molecule has 8 heteroatoms. The summed E-state index contributed by atoms with van der Waals surface area (Å²) >= 11 is 0. The molecule has 0 atom stereocenters. The molecule has 2 aliphatic heterocycles. The molecule has 6 nitrogen and oxygen atoms in total. The molecule has 0 spiro atoms. The third kappa shape index (κ3) is 4.22. The third-order valence-corrected chi connectivity index (χ3v) is 5.37. The van der Waals surface area contributed by atoms with Crippen LogP contribution in [0.5, 0.6) is 0 Å². The van der Waals surface area contributed by atoms with Crippen LogP contribution in [0.25, 0.3) is 33.9 Å². The topological polar surface area (TPSA) is 81.3 Å². The summed E-state index contributed by atoms with van der Waals surface area (Å²) in [7, 11) is 0. The molecule has 33 heavy (non-hydrogen) atoms. The minimum Gasteiger partial charge on any atom is -0.628 e. The van der Waals surface area contributed by atoms with Crippen molar-refractivity contribution in [3.8, 4) is 33.9 Å². The minimum absolute atomic E-state index is 0.0242. The predicted octanol–water partition coefficient (Wildman–Crippen LogP) is 4.56. The van der Waals surface area contributed by atoms with Crippen LogP contribution in [0.3, 0.4) is 0 Å². The highest BCUT2D eigenvalue weighted by Gasteiger charge is 2.17. The van der Waals surface area contributed by atoms with Crippen LogP contribution in [-0.4, -0.2) is 14.5 Å². The minimum atomic E-state index is -1.21. The summed E-state index contributed by atoms with van der Waals surface area (Å²) < 4.78 is 29.6. The molecule has 0 fully saturated rings. The molecule has 0 aromatic heterocycles. The predicted molar refractivity (Wildman–Crippen MR) is 120 cm³/mol. The van der Waals surface area contributed by atoms with Crippen LogP contribution in [-0.2, 0) is 6.54 Å². The Morgan fingerprint density at radius 3 is 2.36 bits per heavy atom. The fourth-order valence-electron chi connectivity index (χ4n) is 3.69. The number of pyridine rings is 1. The van der Waals surface area contributed by atoms with Crippen molar-refractivity contribution in [3.05, 3.63) is 113 Å². The Balaban J connectivity index is 1.38. The number of halogens is 2. The van der Waals surface area contributed by atoms with Crippen molar-refractivity contribution in [2.45, 2.75) is 6.54 Å². The van der Waals surface area contributed by atoms with Crippen LogP contribution in [0, 0.1) is 22.0 Å². The highest BCUT2D eigenvalue weighted by atomic mass is 19.2. The Bertz CT molecular complexity index is 1400. The Morgan fingerprint density at radius 1 is 0.818 bits per heavy atom. The standard InChI is InChI=1S/C25H17F2N4O2/c26-21-6-2-5-20(24(21)27)25-28-22-11-12-30(15-23(22)29-25)14-16-7-9-17(10-8-16)18-3-1-4-19(13-18)31(32)33/h1-13,15,31H,14H2/q-1. The molecular formula is C25H17F2N4O2-. The smallest absolute Gasteiger partial charge is 0.169 e. The van der Waals surface area contributed by atoms with Crippen molar-refractivity contribution >= 4 is 5.69 Å². The first-order chi connectivity index (χ1) is 16.0. The van der Waals surface area contributed by atoms with Crippen LogP contribution in [0.4, 0.5) is 14.5 Å². The Morgan fingerprint density at radius 2 is 1.58 bits per heavy atom. The summed E-state index contributed by atoms with van der Waals surface area (Å²) in [4.78, 5) is 8.69. The summed E-state index contributed by atoms with van der Waals surface area (Å²) in [5.74, 6) is -1.76. The zero-order valence-corrected chi connectivity index (χ0v) is 17.2. The van der Waals surface area contributed by atoms with Gasteiger partial charge in [0.15, 0.2) is 17.5 Å². The van der Waals surface area contributed by atoms with Gasteiger partial charge >= 0.3 is 0 Å². The summed E-state index contributed by atoms with van der Waals surface area (Å²) in [6.07, 6.45) is 3.65. The van der Waals surface area contributed by atoms with Crippen molar-refractivity contribution < 1.29 is 14.0 Å². The monoisotopic (exact) mass is 443 g/mol. The number of nitrogens with zero attached hydrogens (tertiary/aromatic N) is 3. The summed E-state index contributed by atoms with van der Waals surface area (Å²) in [6, 6.07) is 20.1. The van der Waals surface area contributed by atoms with E-state index < -0.39 is 16.9 Å². The first-order valence-corrected chi connectivity index (χ1v) is 10.2. The van der Waals surface area contributed by atoms with Crippen molar-refractivity contribution in [2.24, 2.45) is 0 Å². The average molecular weight is 443 g/mol. The number of benzene rings is 3. The van der Waals surface area contributed by atoms with Gasteiger partial charge in [-0.15, -0.1) is 0 Å². The molecule has 0 unspecified atom stereocenters.